The molecule has 4 aliphatic rings. The third-order valence-corrected chi connectivity index (χ3v) is 8.53. The number of morpholine rings is 1. The molecule has 13 heteroatoms. The van der Waals surface area contributed by atoms with Gasteiger partial charge in [-0.05, 0) is 52.5 Å². The van der Waals surface area contributed by atoms with Gasteiger partial charge in [-0.2, -0.15) is 13.2 Å². The normalized spacial score (nSPS) is 35.2. The minimum atomic E-state index is -4.61. The summed E-state index contributed by atoms with van der Waals surface area (Å²) in [4.78, 5) is 26.3. The van der Waals surface area contributed by atoms with Crippen molar-refractivity contribution in [1.29, 1.82) is 0 Å². The minimum Gasteiger partial charge on any atom is -0.442 e. The number of amides is 2. The van der Waals surface area contributed by atoms with Crippen molar-refractivity contribution >= 4 is 12.0 Å². The number of nitrogens with zero attached hydrogens (tertiary/aromatic N) is 1. The third kappa shape index (κ3) is 9.06. The number of ether oxygens (including phenoxy) is 5. The SMILES string of the molecule is C[C@@H](C=CC(=O)N[C@@H]1C[C@H](C)[C@H](CC=C(C=C[C@H]2OC(C)(C)C[C@@]3(CO3)[C@@H]2O)C(F)(F)F)O[C@@H]1C)OC(=O)N1CCOCC1. The molecule has 0 aromatic heterocycles. The number of nitrogens with one attached hydrogen (secondary N) is 1. The Balaban J connectivity index is 1.29. The maximum absolute atomic E-state index is 13.9. The lowest BCUT2D eigenvalue weighted by Gasteiger charge is -2.41. The second-order valence-electron chi connectivity index (χ2n) is 12.8. The van der Waals surface area contributed by atoms with Crippen LogP contribution >= 0.6 is 0 Å². The van der Waals surface area contributed by atoms with Crippen molar-refractivity contribution in [3.05, 3.63) is 36.0 Å². The quantitative estimate of drug-likeness (QED) is 0.236. The summed E-state index contributed by atoms with van der Waals surface area (Å²) < 4.78 is 69.8. The van der Waals surface area contributed by atoms with Crippen LogP contribution in [0.4, 0.5) is 18.0 Å². The molecular formula is C31H45F3N2O8. The van der Waals surface area contributed by atoms with Gasteiger partial charge in [-0.1, -0.05) is 25.2 Å². The van der Waals surface area contributed by atoms with Gasteiger partial charge in [-0.3, -0.25) is 4.79 Å². The van der Waals surface area contributed by atoms with E-state index in [1.807, 2.05) is 20.8 Å². The fraction of sp³-hybridized carbons (Fsp3) is 0.742. The summed E-state index contributed by atoms with van der Waals surface area (Å²) in [6, 6.07) is -0.346. The molecule has 0 bridgehead atoms. The monoisotopic (exact) mass is 630 g/mol. The maximum Gasteiger partial charge on any atom is 0.416 e. The molecule has 4 aliphatic heterocycles. The number of hydrogen-bond donors (Lipinski definition) is 2. The fourth-order valence-electron chi connectivity index (χ4n) is 6.01. The molecule has 2 amide bonds. The van der Waals surface area contributed by atoms with Crippen molar-refractivity contribution in [3.8, 4) is 0 Å². The highest BCUT2D eigenvalue weighted by Gasteiger charge is 2.60. The lowest BCUT2D eigenvalue weighted by molar-refractivity contribution is -0.171. The van der Waals surface area contributed by atoms with Crippen LogP contribution in [0.15, 0.2) is 36.0 Å². The molecule has 4 saturated heterocycles. The standard InChI is InChI=1S/C31H45F3N2O8/c1-19-16-23(35-26(37)11-6-20(2)42-28(39)36-12-14-40-15-13-36)21(3)43-24(19)9-7-22(31(32,33)34)8-10-25-27(38)30(18-41-30)17-29(4,5)44-25/h6-8,10-11,19-21,23-25,27,38H,9,12-18H2,1-5H3,(H,35,37)/t19-,20-,21+,23+,24-,25+,27+,30+/m0/s1. The molecule has 4 heterocycles. The topological polar surface area (TPSA) is 119 Å². The Bertz CT molecular complexity index is 1110. The molecule has 2 N–H and O–H groups in total. The third-order valence-electron chi connectivity index (χ3n) is 8.53. The average molecular weight is 631 g/mol. The summed E-state index contributed by atoms with van der Waals surface area (Å²) in [5, 5.41) is 13.5. The molecule has 0 unspecified atom stereocenters. The van der Waals surface area contributed by atoms with Crippen LogP contribution in [0.3, 0.4) is 0 Å². The second-order valence-corrected chi connectivity index (χ2v) is 12.8. The van der Waals surface area contributed by atoms with Gasteiger partial charge in [-0.25, -0.2) is 4.79 Å². The van der Waals surface area contributed by atoms with E-state index in [1.54, 1.807) is 18.7 Å². The highest BCUT2D eigenvalue weighted by Crippen LogP contribution is 2.46. The van der Waals surface area contributed by atoms with Gasteiger partial charge in [0.1, 0.15) is 23.9 Å². The Morgan fingerprint density at radius 3 is 2.50 bits per heavy atom. The molecule has 0 aromatic carbocycles. The zero-order valence-electron chi connectivity index (χ0n) is 26.0. The molecule has 0 aliphatic carbocycles. The van der Waals surface area contributed by atoms with E-state index >= 15 is 0 Å². The van der Waals surface area contributed by atoms with Gasteiger partial charge >= 0.3 is 12.3 Å². The van der Waals surface area contributed by atoms with Crippen LogP contribution in [0.1, 0.15) is 53.9 Å². The van der Waals surface area contributed by atoms with Crippen LogP contribution in [0.25, 0.3) is 0 Å². The van der Waals surface area contributed by atoms with Crippen molar-refractivity contribution in [2.24, 2.45) is 5.92 Å². The molecule has 0 aromatic rings. The van der Waals surface area contributed by atoms with Gasteiger partial charge in [0.25, 0.3) is 0 Å². The molecule has 44 heavy (non-hydrogen) atoms. The van der Waals surface area contributed by atoms with Crippen LogP contribution in [-0.4, -0.2) is 109 Å². The average Bonchev–Trinajstić information content (AvgIpc) is 3.71. The van der Waals surface area contributed by atoms with Crippen molar-refractivity contribution in [1.82, 2.24) is 10.2 Å². The Kier molecular flexibility index (Phi) is 10.9. The molecule has 0 radical (unpaired) electrons. The molecule has 4 fully saturated rings. The highest BCUT2D eigenvalue weighted by molar-refractivity contribution is 5.87. The first-order chi connectivity index (χ1) is 20.6. The number of carbonyl (C=O) groups excluding carboxylic acids is 2. The van der Waals surface area contributed by atoms with E-state index in [4.69, 9.17) is 23.7 Å². The smallest absolute Gasteiger partial charge is 0.416 e. The predicted octanol–water partition coefficient (Wildman–Crippen LogP) is 3.83. The van der Waals surface area contributed by atoms with Crippen LogP contribution in [-0.2, 0) is 28.5 Å². The summed E-state index contributed by atoms with van der Waals surface area (Å²) in [6.07, 6.45) is -1.52. The Hall–Kier alpha value is -2.45. The number of alkyl halides is 3. The van der Waals surface area contributed by atoms with Crippen molar-refractivity contribution in [2.45, 2.75) is 108 Å². The van der Waals surface area contributed by atoms with Gasteiger partial charge in [0, 0.05) is 25.6 Å². The predicted molar refractivity (Wildman–Crippen MR) is 154 cm³/mol. The number of allylic oxidation sites excluding steroid dienone is 2. The summed E-state index contributed by atoms with van der Waals surface area (Å²) in [5.41, 5.74) is -2.27. The van der Waals surface area contributed by atoms with Gasteiger partial charge < -0.3 is 39.0 Å². The van der Waals surface area contributed by atoms with Gasteiger partial charge in [-0.15, -0.1) is 0 Å². The fourth-order valence-corrected chi connectivity index (χ4v) is 6.01. The van der Waals surface area contributed by atoms with E-state index in [0.717, 1.165) is 12.2 Å². The highest BCUT2D eigenvalue weighted by atomic mass is 19.4. The largest absolute Gasteiger partial charge is 0.442 e. The summed E-state index contributed by atoms with van der Waals surface area (Å²) in [5.74, 6) is -0.525. The number of carbonyl (C=O) groups is 2. The zero-order valence-corrected chi connectivity index (χ0v) is 26.0. The lowest BCUT2D eigenvalue weighted by Crippen LogP contribution is -2.53. The first kappa shape index (κ1) is 34.4. The summed E-state index contributed by atoms with van der Waals surface area (Å²) in [6.45, 7) is 11.1. The molecule has 1 spiro atoms. The van der Waals surface area contributed by atoms with E-state index in [-0.39, 0.29) is 24.3 Å². The summed E-state index contributed by atoms with van der Waals surface area (Å²) in [7, 11) is 0. The van der Waals surface area contributed by atoms with Gasteiger partial charge in [0.05, 0.1) is 49.2 Å². The number of epoxide rings is 1. The Morgan fingerprint density at radius 1 is 1.18 bits per heavy atom. The van der Waals surface area contributed by atoms with Crippen LogP contribution in [0, 0.1) is 5.92 Å². The first-order valence-electron chi connectivity index (χ1n) is 15.2. The van der Waals surface area contributed by atoms with Crippen LogP contribution in [0.5, 0.6) is 0 Å². The maximum atomic E-state index is 13.9. The van der Waals surface area contributed by atoms with E-state index in [2.05, 4.69) is 5.32 Å². The second kappa shape index (κ2) is 13.9. The van der Waals surface area contributed by atoms with Crippen molar-refractivity contribution in [2.75, 3.05) is 32.9 Å². The zero-order chi connectivity index (χ0) is 32.3. The number of hydrogen-bond acceptors (Lipinski definition) is 8. The van der Waals surface area contributed by atoms with E-state index < -0.39 is 59.6 Å². The number of halogens is 3. The Labute approximate surface area is 256 Å². The van der Waals surface area contributed by atoms with E-state index in [0.29, 0.717) is 45.8 Å². The number of aliphatic hydroxyl groups is 1. The molecule has 10 nitrogen and oxygen atoms in total. The number of aliphatic hydroxyl groups excluding tert-OH is 1. The lowest BCUT2D eigenvalue weighted by atomic mass is 9.83. The molecule has 0 saturated carbocycles. The molecule has 8 atom stereocenters. The van der Waals surface area contributed by atoms with E-state index in [9.17, 15) is 27.9 Å². The Morgan fingerprint density at radius 2 is 1.86 bits per heavy atom. The van der Waals surface area contributed by atoms with Crippen molar-refractivity contribution < 1.29 is 51.6 Å². The number of rotatable bonds is 8. The van der Waals surface area contributed by atoms with Crippen molar-refractivity contribution in [3.63, 3.8) is 0 Å². The molecule has 4 rings (SSSR count). The molecule has 248 valence electrons. The summed E-state index contributed by atoms with van der Waals surface area (Å²) >= 11 is 0. The van der Waals surface area contributed by atoms with Crippen LogP contribution in [0.2, 0.25) is 0 Å². The van der Waals surface area contributed by atoms with Gasteiger partial charge in [0.2, 0.25) is 5.91 Å². The molecular weight excluding hydrogens is 585 g/mol. The van der Waals surface area contributed by atoms with Crippen LogP contribution < -0.4 is 5.32 Å². The van der Waals surface area contributed by atoms with E-state index in [1.165, 1.54) is 18.2 Å². The van der Waals surface area contributed by atoms with Gasteiger partial charge in [0.15, 0.2) is 0 Å². The first-order valence-corrected chi connectivity index (χ1v) is 15.2. The minimum absolute atomic E-state index is 0.0178.